The maximum absolute atomic E-state index is 16.5. The molecule has 2 aromatic heterocycles. The number of aryl methyl sites for hydroxylation is 1. The van der Waals surface area contributed by atoms with Gasteiger partial charge in [0.2, 0.25) is 23.6 Å². The van der Waals surface area contributed by atoms with Crippen molar-refractivity contribution in [3.8, 4) is 45.4 Å². The van der Waals surface area contributed by atoms with Crippen molar-refractivity contribution in [2.75, 3.05) is 53.5 Å². The van der Waals surface area contributed by atoms with Crippen LogP contribution in [0.2, 0.25) is 0 Å². The molecule has 52 heavy (non-hydrogen) atoms. The SMILES string of the molecule is COc1nc(-c2cccc(-c3cccc(-c4cc5c(c(OC)n4)[C@@H](N4CCN(C(C)=O)CC4)CC5)c3C)c2F)cnc1CN1CC2(CCC(=O)N2)C1. The monoisotopic (exact) mass is 705 g/mol. The molecule has 0 radical (unpaired) electrons. The van der Waals surface area contributed by atoms with Gasteiger partial charge in [0.1, 0.15) is 11.5 Å². The van der Waals surface area contributed by atoms with E-state index < -0.39 is 0 Å². The average molecular weight is 706 g/mol. The van der Waals surface area contributed by atoms with Crippen LogP contribution < -0.4 is 14.8 Å². The first kappa shape index (κ1) is 34.2. The smallest absolute Gasteiger partial charge is 0.237 e. The third-order valence-corrected chi connectivity index (χ3v) is 11.4. The lowest BCUT2D eigenvalue weighted by molar-refractivity contribution is -0.131. The maximum Gasteiger partial charge on any atom is 0.237 e. The normalized spacial score (nSPS) is 19.8. The number of fused-ring (bicyclic) bond motifs is 1. The summed E-state index contributed by atoms with van der Waals surface area (Å²) in [4.78, 5) is 44.6. The highest BCUT2D eigenvalue weighted by Gasteiger charge is 2.47. The van der Waals surface area contributed by atoms with Gasteiger partial charge in [-0.05, 0) is 55.0 Å². The minimum atomic E-state index is -0.388. The van der Waals surface area contributed by atoms with Crippen LogP contribution in [0.25, 0.3) is 33.6 Å². The number of aromatic nitrogens is 3. The first-order valence-corrected chi connectivity index (χ1v) is 18.1. The number of rotatable bonds is 8. The van der Waals surface area contributed by atoms with Gasteiger partial charge < -0.3 is 19.7 Å². The fraction of sp³-hybridized carbons (Fsp3) is 0.425. The molecule has 3 aliphatic heterocycles. The van der Waals surface area contributed by atoms with Crippen LogP contribution in [0, 0.1) is 12.7 Å². The molecule has 2 amide bonds. The molecule has 0 saturated carbocycles. The second-order valence-corrected chi connectivity index (χ2v) is 14.5. The molecule has 1 aliphatic carbocycles. The van der Waals surface area contributed by atoms with Crippen molar-refractivity contribution >= 4 is 11.8 Å². The number of amides is 2. The van der Waals surface area contributed by atoms with Crippen molar-refractivity contribution in [3.63, 3.8) is 0 Å². The Bertz CT molecular complexity index is 2060. The van der Waals surface area contributed by atoms with Gasteiger partial charge in [-0.3, -0.25) is 24.4 Å². The van der Waals surface area contributed by atoms with Crippen LogP contribution in [0.5, 0.6) is 11.8 Å². The van der Waals surface area contributed by atoms with Crippen molar-refractivity contribution in [2.24, 2.45) is 0 Å². The van der Waals surface area contributed by atoms with E-state index in [-0.39, 0.29) is 29.2 Å². The molecular weight excluding hydrogens is 661 g/mol. The van der Waals surface area contributed by atoms with Gasteiger partial charge >= 0.3 is 0 Å². The molecule has 12 heteroatoms. The van der Waals surface area contributed by atoms with Gasteiger partial charge in [-0.25, -0.2) is 14.4 Å². The highest BCUT2D eigenvalue weighted by Crippen LogP contribution is 2.44. The Morgan fingerprint density at radius 1 is 0.942 bits per heavy atom. The Hall–Kier alpha value is -4.94. The molecule has 5 heterocycles. The van der Waals surface area contributed by atoms with Gasteiger partial charge in [0.25, 0.3) is 0 Å². The van der Waals surface area contributed by atoms with Gasteiger partial charge in [0.05, 0.1) is 37.3 Å². The first-order chi connectivity index (χ1) is 25.2. The van der Waals surface area contributed by atoms with E-state index in [0.29, 0.717) is 47.2 Å². The summed E-state index contributed by atoms with van der Waals surface area (Å²) in [6.45, 7) is 8.79. The highest BCUT2D eigenvalue weighted by molar-refractivity contribution is 5.81. The standard InChI is InChI=1S/C40H44FN7O4/c1-24-27(7-5-8-28(24)31-19-26-11-12-34(36(26)39(43-31)52-4)48-17-15-47(16-18-48)25(2)49)29-9-6-10-30(37(29)41)32-20-42-33(38(44-32)51-3)21-46-22-40(23-46)14-13-35(50)45-40/h5-10,19-20,34H,11-18,21-23H2,1-4H3,(H,45,50)/t34-/m0/s1. The molecule has 1 atom stereocenters. The number of carbonyl (C=O) groups is 2. The Morgan fingerprint density at radius 3 is 2.33 bits per heavy atom. The van der Waals surface area contributed by atoms with Gasteiger partial charge in [0, 0.05) is 87.5 Å². The van der Waals surface area contributed by atoms with E-state index in [2.05, 4.69) is 26.2 Å². The number of ether oxygens (including phenoxy) is 2. The van der Waals surface area contributed by atoms with Crippen molar-refractivity contribution in [3.05, 3.63) is 76.9 Å². The number of hydrogen-bond acceptors (Lipinski definition) is 9. The molecule has 270 valence electrons. The summed E-state index contributed by atoms with van der Waals surface area (Å²) in [5.74, 6) is 0.822. The second kappa shape index (κ2) is 13.6. The number of nitrogens with one attached hydrogen (secondary N) is 1. The molecule has 3 saturated heterocycles. The summed E-state index contributed by atoms with van der Waals surface area (Å²) in [5.41, 5.74) is 7.46. The van der Waals surface area contributed by atoms with E-state index in [0.717, 1.165) is 86.5 Å². The van der Waals surface area contributed by atoms with Crippen LogP contribution in [-0.4, -0.2) is 100 Å². The largest absolute Gasteiger partial charge is 0.481 e. The van der Waals surface area contributed by atoms with Crippen LogP contribution >= 0.6 is 0 Å². The van der Waals surface area contributed by atoms with E-state index in [1.54, 1.807) is 39.5 Å². The van der Waals surface area contributed by atoms with Gasteiger partial charge in [-0.2, -0.15) is 0 Å². The Kier molecular flexibility index (Phi) is 8.91. The lowest BCUT2D eigenvalue weighted by atomic mass is 9.88. The van der Waals surface area contributed by atoms with Crippen LogP contribution in [0.15, 0.2) is 48.7 Å². The third-order valence-electron chi connectivity index (χ3n) is 11.4. The van der Waals surface area contributed by atoms with Crippen LogP contribution in [0.3, 0.4) is 0 Å². The number of likely N-dealkylation sites (tertiary alicyclic amines) is 1. The van der Waals surface area contributed by atoms with Gasteiger partial charge in [0.15, 0.2) is 0 Å². The summed E-state index contributed by atoms with van der Waals surface area (Å²) < 4.78 is 28.1. The van der Waals surface area contributed by atoms with Crippen molar-refractivity contribution < 1.29 is 23.5 Å². The predicted molar refractivity (Wildman–Crippen MR) is 194 cm³/mol. The molecule has 3 fully saturated rings. The topological polar surface area (TPSA) is 113 Å². The number of piperazine rings is 1. The zero-order valence-electron chi connectivity index (χ0n) is 30.2. The van der Waals surface area contributed by atoms with Crippen molar-refractivity contribution in [2.45, 2.75) is 57.7 Å². The minimum Gasteiger partial charge on any atom is -0.481 e. The number of methoxy groups -OCH3 is 2. The van der Waals surface area contributed by atoms with Crippen LogP contribution in [0.1, 0.15) is 54.6 Å². The lowest BCUT2D eigenvalue weighted by Crippen LogP contribution is -2.66. The average Bonchev–Trinajstić information content (AvgIpc) is 3.75. The quantitative estimate of drug-likeness (QED) is 0.272. The third kappa shape index (κ3) is 6.07. The van der Waals surface area contributed by atoms with E-state index in [4.69, 9.17) is 19.4 Å². The zero-order chi connectivity index (χ0) is 36.1. The van der Waals surface area contributed by atoms with Crippen molar-refractivity contribution in [1.82, 2.24) is 35.0 Å². The molecule has 1 spiro atoms. The zero-order valence-corrected chi connectivity index (χ0v) is 30.2. The molecule has 11 nitrogen and oxygen atoms in total. The number of pyridine rings is 1. The van der Waals surface area contributed by atoms with E-state index in [9.17, 15) is 9.59 Å². The Labute approximate surface area is 303 Å². The molecule has 0 bridgehead atoms. The molecule has 4 aliphatic rings. The predicted octanol–water partition coefficient (Wildman–Crippen LogP) is 4.95. The Balaban J connectivity index is 1.05. The lowest BCUT2D eigenvalue weighted by Gasteiger charge is -2.47. The van der Waals surface area contributed by atoms with Gasteiger partial charge in [-0.15, -0.1) is 0 Å². The summed E-state index contributed by atoms with van der Waals surface area (Å²) >= 11 is 0. The Morgan fingerprint density at radius 2 is 1.63 bits per heavy atom. The molecule has 1 N–H and O–H groups in total. The number of halogens is 1. The number of carbonyl (C=O) groups excluding carboxylic acids is 2. The molecule has 0 unspecified atom stereocenters. The molecular formula is C40H44FN7O4. The summed E-state index contributed by atoms with van der Waals surface area (Å²) in [6, 6.07) is 13.6. The second-order valence-electron chi connectivity index (χ2n) is 14.5. The summed E-state index contributed by atoms with van der Waals surface area (Å²) in [7, 11) is 3.22. The fourth-order valence-corrected chi connectivity index (χ4v) is 8.67. The highest BCUT2D eigenvalue weighted by atomic mass is 19.1. The number of benzene rings is 2. The van der Waals surface area contributed by atoms with E-state index in [1.165, 1.54) is 5.56 Å². The molecule has 4 aromatic rings. The van der Waals surface area contributed by atoms with Crippen LogP contribution in [0.4, 0.5) is 4.39 Å². The van der Waals surface area contributed by atoms with Gasteiger partial charge in [-0.1, -0.05) is 30.3 Å². The first-order valence-electron chi connectivity index (χ1n) is 18.1. The molecule has 8 rings (SSSR count). The number of hydrogen-bond donors (Lipinski definition) is 1. The van der Waals surface area contributed by atoms with Crippen LogP contribution in [-0.2, 0) is 22.6 Å². The fourth-order valence-electron chi connectivity index (χ4n) is 8.67. The van der Waals surface area contributed by atoms with Crippen molar-refractivity contribution in [1.29, 1.82) is 0 Å². The number of nitrogens with zero attached hydrogens (tertiary/aromatic N) is 6. The van der Waals surface area contributed by atoms with E-state index >= 15 is 4.39 Å². The maximum atomic E-state index is 16.5. The van der Waals surface area contributed by atoms with E-state index in [1.807, 2.05) is 36.1 Å². The summed E-state index contributed by atoms with van der Waals surface area (Å²) in [6.07, 6.45) is 4.91. The molecule has 2 aromatic carbocycles. The summed E-state index contributed by atoms with van der Waals surface area (Å²) in [5, 5.41) is 3.11. The minimum absolute atomic E-state index is 0.111.